The first-order valence-corrected chi connectivity index (χ1v) is 7.41. The van der Waals surface area contributed by atoms with Crippen LogP contribution in [0.15, 0.2) is 17.1 Å². The molecule has 1 saturated heterocycles. The molecule has 1 aliphatic rings. The molecule has 1 atom stereocenters. The van der Waals surface area contributed by atoms with E-state index in [1.165, 1.54) is 0 Å². The maximum atomic E-state index is 11.8. The summed E-state index contributed by atoms with van der Waals surface area (Å²) in [5.41, 5.74) is 2.62. The number of H-pyrrole nitrogens is 1. The van der Waals surface area contributed by atoms with Crippen molar-refractivity contribution in [3.05, 3.63) is 22.7 Å². The zero-order valence-electron chi connectivity index (χ0n) is 13.1. The molecule has 2 aromatic rings. The molecule has 0 spiro atoms. The molecule has 2 aromatic heterocycles. The molecule has 2 N–H and O–H groups in total. The number of imidazole rings is 1. The molecule has 1 fully saturated rings. The largest absolute Gasteiger partial charge is 0.368 e. The average molecular weight is 289 g/mol. The van der Waals surface area contributed by atoms with Crippen LogP contribution in [0.4, 0.5) is 5.69 Å². The van der Waals surface area contributed by atoms with Crippen LogP contribution in [-0.4, -0.2) is 39.2 Å². The van der Waals surface area contributed by atoms with Gasteiger partial charge in [0, 0.05) is 37.9 Å². The first-order chi connectivity index (χ1) is 9.85. The van der Waals surface area contributed by atoms with Crippen molar-refractivity contribution in [1.82, 2.24) is 19.9 Å². The van der Waals surface area contributed by atoms with Gasteiger partial charge in [-0.2, -0.15) is 0 Å². The fourth-order valence-electron chi connectivity index (χ4n) is 3.07. The lowest BCUT2D eigenvalue weighted by atomic mass is 10.1. The van der Waals surface area contributed by atoms with E-state index in [0.29, 0.717) is 11.7 Å². The van der Waals surface area contributed by atoms with Crippen LogP contribution >= 0.6 is 0 Å². The summed E-state index contributed by atoms with van der Waals surface area (Å²) in [5.74, 6) is 0. The fraction of sp³-hybridized carbons (Fsp3) is 0.600. The zero-order chi connectivity index (χ0) is 15.2. The molecule has 0 unspecified atom stereocenters. The van der Waals surface area contributed by atoms with Crippen LogP contribution in [0.3, 0.4) is 0 Å². The fourth-order valence-corrected chi connectivity index (χ4v) is 3.07. The van der Waals surface area contributed by atoms with E-state index in [0.717, 1.165) is 30.7 Å². The van der Waals surface area contributed by atoms with Crippen molar-refractivity contribution in [3.8, 4) is 0 Å². The molecule has 3 rings (SSSR count). The number of nitrogens with zero attached hydrogens (tertiary/aromatic N) is 3. The summed E-state index contributed by atoms with van der Waals surface area (Å²) in [6, 6.07) is 2.46. The molecule has 0 amide bonds. The molecular formula is C15H23N5O. The van der Waals surface area contributed by atoms with Crippen LogP contribution in [-0.2, 0) is 7.05 Å². The van der Waals surface area contributed by atoms with Gasteiger partial charge in [0.2, 0.25) is 0 Å². The van der Waals surface area contributed by atoms with Crippen LogP contribution in [0.25, 0.3) is 11.2 Å². The second-order valence-electron chi connectivity index (χ2n) is 6.84. The van der Waals surface area contributed by atoms with E-state index in [1.807, 2.05) is 6.07 Å². The Morgan fingerprint density at radius 3 is 2.90 bits per heavy atom. The van der Waals surface area contributed by atoms with E-state index in [1.54, 1.807) is 17.8 Å². The number of hydrogen-bond acceptors (Lipinski definition) is 4. The van der Waals surface area contributed by atoms with Gasteiger partial charge in [0.1, 0.15) is 5.52 Å². The van der Waals surface area contributed by atoms with Crippen LogP contribution in [0.5, 0.6) is 0 Å². The van der Waals surface area contributed by atoms with Gasteiger partial charge >= 0.3 is 5.69 Å². The number of nitrogens with one attached hydrogen (secondary N) is 2. The van der Waals surface area contributed by atoms with Crippen molar-refractivity contribution >= 4 is 16.9 Å². The standard InChI is InChI=1S/C15H23N5O/c1-15(2,3)18-10-6-8-20(9-10)11-5-7-16-13-12(11)17-14(21)19(13)4/h5,7,10,18H,6,8-9H2,1-4H3,(H,17,21)/t10-/m1/s1. The SMILES string of the molecule is Cn1c(=O)[nH]c2c(N3CC[C@@H](NC(C)(C)C)C3)ccnc21. The quantitative estimate of drug-likeness (QED) is 0.872. The van der Waals surface area contributed by atoms with E-state index in [4.69, 9.17) is 0 Å². The smallest absolute Gasteiger partial charge is 0.327 e. The van der Waals surface area contributed by atoms with Crippen LogP contribution in [0.1, 0.15) is 27.2 Å². The minimum Gasteiger partial charge on any atom is -0.368 e. The number of fused-ring (bicyclic) bond motifs is 1. The number of aromatic nitrogens is 3. The van der Waals surface area contributed by atoms with E-state index in [9.17, 15) is 4.79 Å². The molecule has 21 heavy (non-hydrogen) atoms. The molecule has 6 nitrogen and oxygen atoms in total. The van der Waals surface area contributed by atoms with E-state index in [-0.39, 0.29) is 11.2 Å². The summed E-state index contributed by atoms with van der Waals surface area (Å²) in [5, 5.41) is 3.65. The van der Waals surface area contributed by atoms with Gasteiger partial charge in [-0.25, -0.2) is 9.78 Å². The topological polar surface area (TPSA) is 66.0 Å². The maximum absolute atomic E-state index is 11.8. The van der Waals surface area contributed by atoms with Gasteiger partial charge < -0.3 is 15.2 Å². The van der Waals surface area contributed by atoms with Crippen molar-refractivity contribution in [2.75, 3.05) is 18.0 Å². The summed E-state index contributed by atoms with van der Waals surface area (Å²) < 4.78 is 1.56. The number of anilines is 1. The van der Waals surface area contributed by atoms with Crippen molar-refractivity contribution in [2.24, 2.45) is 7.05 Å². The Labute approximate surface area is 124 Å². The summed E-state index contributed by atoms with van der Waals surface area (Å²) in [6.45, 7) is 8.51. The average Bonchev–Trinajstić information content (AvgIpc) is 2.94. The van der Waals surface area contributed by atoms with Gasteiger partial charge in [0.05, 0.1) is 5.69 Å². The van der Waals surface area contributed by atoms with Crippen molar-refractivity contribution < 1.29 is 0 Å². The highest BCUT2D eigenvalue weighted by molar-refractivity contribution is 5.86. The third kappa shape index (κ3) is 2.68. The minimum atomic E-state index is -0.117. The number of rotatable bonds is 2. The molecule has 1 aliphatic heterocycles. The Bertz CT molecular complexity index is 709. The van der Waals surface area contributed by atoms with E-state index >= 15 is 0 Å². The molecule has 0 aliphatic carbocycles. The van der Waals surface area contributed by atoms with Gasteiger partial charge in [-0.05, 0) is 33.3 Å². The summed E-state index contributed by atoms with van der Waals surface area (Å²) in [6.07, 6.45) is 2.88. The molecule has 0 saturated carbocycles. The Morgan fingerprint density at radius 2 is 2.19 bits per heavy atom. The number of hydrogen-bond donors (Lipinski definition) is 2. The Hall–Kier alpha value is -1.82. The minimum absolute atomic E-state index is 0.117. The van der Waals surface area contributed by atoms with Gasteiger partial charge in [-0.1, -0.05) is 0 Å². The van der Waals surface area contributed by atoms with Gasteiger partial charge in [-0.15, -0.1) is 0 Å². The monoisotopic (exact) mass is 289 g/mol. The lowest BCUT2D eigenvalue weighted by Gasteiger charge is -2.26. The molecule has 114 valence electrons. The van der Waals surface area contributed by atoms with Gasteiger partial charge in [-0.3, -0.25) is 4.57 Å². The number of aromatic amines is 1. The van der Waals surface area contributed by atoms with Crippen molar-refractivity contribution in [3.63, 3.8) is 0 Å². The summed E-state index contributed by atoms with van der Waals surface area (Å²) in [4.78, 5) is 21.3. The molecule has 0 bridgehead atoms. The predicted octanol–water partition coefficient (Wildman–Crippen LogP) is 1.23. The third-order valence-corrected chi connectivity index (χ3v) is 3.93. The molecule has 3 heterocycles. The van der Waals surface area contributed by atoms with Crippen LogP contribution in [0.2, 0.25) is 0 Å². The summed E-state index contributed by atoms with van der Waals surface area (Å²) >= 11 is 0. The predicted molar refractivity (Wildman–Crippen MR) is 84.8 cm³/mol. The second-order valence-corrected chi connectivity index (χ2v) is 6.84. The normalized spacial score (nSPS) is 19.6. The third-order valence-electron chi connectivity index (χ3n) is 3.93. The highest BCUT2D eigenvalue weighted by Crippen LogP contribution is 2.26. The van der Waals surface area contributed by atoms with Crippen LogP contribution < -0.4 is 15.9 Å². The van der Waals surface area contributed by atoms with Gasteiger partial charge in [0.15, 0.2) is 5.65 Å². The Balaban J connectivity index is 1.89. The van der Waals surface area contributed by atoms with Gasteiger partial charge in [0.25, 0.3) is 0 Å². The van der Waals surface area contributed by atoms with E-state index in [2.05, 4.69) is 41.0 Å². The Kier molecular flexibility index (Phi) is 3.28. The highest BCUT2D eigenvalue weighted by atomic mass is 16.1. The molecule has 6 heteroatoms. The highest BCUT2D eigenvalue weighted by Gasteiger charge is 2.27. The van der Waals surface area contributed by atoms with E-state index < -0.39 is 0 Å². The number of aryl methyl sites for hydroxylation is 1. The molecule has 0 radical (unpaired) electrons. The second kappa shape index (κ2) is 4.87. The molecular weight excluding hydrogens is 266 g/mol. The maximum Gasteiger partial charge on any atom is 0.327 e. The summed E-state index contributed by atoms with van der Waals surface area (Å²) in [7, 11) is 1.74. The Morgan fingerprint density at radius 1 is 1.43 bits per heavy atom. The first-order valence-electron chi connectivity index (χ1n) is 7.41. The first kappa shape index (κ1) is 14.1. The van der Waals surface area contributed by atoms with Crippen LogP contribution in [0, 0.1) is 0 Å². The van der Waals surface area contributed by atoms with Crippen molar-refractivity contribution in [1.29, 1.82) is 0 Å². The lowest BCUT2D eigenvalue weighted by molar-refractivity contribution is 0.373. The zero-order valence-corrected chi connectivity index (χ0v) is 13.1. The number of pyridine rings is 1. The van der Waals surface area contributed by atoms with Crippen molar-refractivity contribution in [2.45, 2.75) is 38.8 Å². The molecule has 0 aromatic carbocycles. The lowest BCUT2D eigenvalue weighted by Crippen LogP contribution is -2.44.